The highest BCUT2D eigenvalue weighted by atomic mass is 32.1. The van der Waals surface area contributed by atoms with Crippen LogP contribution in [-0.2, 0) is 16.1 Å². The number of hydrogen-bond donors (Lipinski definition) is 1. The number of nitrogens with zero attached hydrogens (tertiary/aromatic N) is 3. The number of amides is 2. The average molecular weight is 465 g/mol. The number of ether oxygens (including phenoxy) is 1. The van der Waals surface area contributed by atoms with Crippen molar-refractivity contribution >= 4 is 33.4 Å². The molecular formula is C24H21FN4O3S. The Balaban J connectivity index is 1.59. The van der Waals surface area contributed by atoms with E-state index in [1.807, 2.05) is 19.1 Å². The highest BCUT2D eigenvalue weighted by molar-refractivity contribution is 7.19. The Morgan fingerprint density at radius 3 is 2.73 bits per heavy atom. The lowest BCUT2D eigenvalue weighted by atomic mass is 9.99. The monoisotopic (exact) mass is 464 g/mol. The molecule has 9 heteroatoms. The summed E-state index contributed by atoms with van der Waals surface area (Å²) in [6.07, 6.45) is 0.445. The SMILES string of the molecule is Cc1cc(C#N)cc(-c2ccnc3cc(CN4C(=O)CCC4=O)sc23)c1O[C@@H]1CNC[C@@H]1F. The number of nitrogens with one attached hydrogen (secondary N) is 1. The third-order valence-corrected chi connectivity index (χ3v) is 7.13. The number of alkyl halides is 1. The molecule has 0 radical (unpaired) electrons. The number of aryl methyl sites for hydroxylation is 1. The first-order valence-corrected chi connectivity index (χ1v) is 11.5. The van der Waals surface area contributed by atoms with Gasteiger partial charge in [-0.2, -0.15) is 5.26 Å². The van der Waals surface area contributed by atoms with Gasteiger partial charge >= 0.3 is 0 Å². The molecule has 1 aromatic carbocycles. The second-order valence-electron chi connectivity index (χ2n) is 8.27. The molecule has 4 heterocycles. The van der Waals surface area contributed by atoms with Gasteiger partial charge < -0.3 is 10.1 Å². The normalized spacial score (nSPS) is 20.6. The molecule has 3 aromatic rings. The van der Waals surface area contributed by atoms with Gasteiger partial charge in [-0.1, -0.05) is 0 Å². The Morgan fingerprint density at radius 1 is 1.24 bits per heavy atom. The van der Waals surface area contributed by atoms with E-state index in [4.69, 9.17) is 4.74 Å². The van der Waals surface area contributed by atoms with Gasteiger partial charge in [0.05, 0.1) is 28.4 Å². The standard InChI is InChI=1S/C24H21FN4O3S/c1-13-6-14(9-26)7-17(23(13)32-20-11-27-10-18(20)25)16-4-5-28-19-8-15(33-24(16)19)12-29-21(30)2-3-22(29)31/h4-8,18,20,27H,2-3,10-12H2,1H3/t18-,20+/m0/s1. The van der Waals surface area contributed by atoms with Gasteiger partial charge in [0.1, 0.15) is 11.9 Å². The van der Waals surface area contributed by atoms with Crippen LogP contribution in [0.25, 0.3) is 21.3 Å². The van der Waals surface area contributed by atoms with Crippen molar-refractivity contribution in [1.29, 1.82) is 5.26 Å². The van der Waals surface area contributed by atoms with Crippen molar-refractivity contribution in [3.8, 4) is 22.9 Å². The minimum Gasteiger partial charge on any atom is -0.485 e. The molecule has 0 unspecified atom stereocenters. The number of hydrogen-bond acceptors (Lipinski definition) is 7. The number of benzene rings is 1. The van der Waals surface area contributed by atoms with E-state index in [0.717, 1.165) is 26.2 Å². The fourth-order valence-corrected chi connectivity index (χ4v) is 5.45. The molecule has 2 amide bonds. The molecule has 33 heavy (non-hydrogen) atoms. The van der Waals surface area contributed by atoms with E-state index in [9.17, 15) is 19.2 Å². The molecule has 168 valence electrons. The highest BCUT2D eigenvalue weighted by Crippen LogP contribution is 2.41. The van der Waals surface area contributed by atoms with Crippen molar-refractivity contribution in [2.24, 2.45) is 0 Å². The van der Waals surface area contributed by atoms with Crippen molar-refractivity contribution in [1.82, 2.24) is 15.2 Å². The number of pyridine rings is 1. The summed E-state index contributed by atoms with van der Waals surface area (Å²) in [6, 6.07) is 9.39. The first kappa shape index (κ1) is 21.5. The van der Waals surface area contributed by atoms with Crippen LogP contribution < -0.4 is 10.1 Å². The number of aromatic nitrogens is 1. The minimum atomic E-state index is -1.12. The summed E-state index contributed by atoms with van der Waals surface area (Å²) in [5.41, 5.74) is 3.46. The molecule has 2 fully saturated rings. The number of halogens is 1. The molecule has 2 saturated heterocycles. The number of imide groups is 1. The summed E-state index contributed by atoms with van der Waals surface area (Å²) < 4.78 is 21.3. The molecule has 2 aromatic heterocycles. The maximum absolute atomic E-state index is 14.3. The third-order valence-electron chi connectivity index (χ3n) is 5.98. The molecule has 2 aliphatic heterocycles. The Bertz CT molecular complexity index is 1300. The van der Waals surface area contributed by atoms with E-state index in [1.54, 1.807) is 18.3 Å². The van der Waals surface area contributed by atoms with Crippen LogP contribution >= 0.6 is 11.3 Å². The summed E-state index contributed by atoms with van der Waals surface area (Å²) in [4.78, 5) is 30.7. The molecule has 7 nitrogen and oxygen atoms in total. The number of thiophene rings is 1. The van der Waals surface area contributed by atoms with Crippen LogP contribution in [0.1, 0.15) is 28.8 Å². The van der Waals surface area contributed by atoms with Crippen molar-refractivity contribution in [3.05, 3.63) is 46.5 Å². The van der Waals surface area contributed by atoms with Crippen molar-refractivity contribution in [3.63, 3.8) is 0 Å². The molecular weight excluding hydrogens is 443 g/mol. The van der Waals surface area contributed by atoms with E-state index in [0.29, 0.717) is 23.4 Å². The minimum absolute atomic E-state index is 0.162. The summed E-state index contributed by atoms with van der Waals surface area (Å²) in [5, 5.41) is 12.5. The second kappa shape index (κ2) is 8.54. The largest absolute Gasteiger partial charge is 0.485 e. The molecule has 0 saturated carbocycles. The fourth-order valence-electron chi connectivity index (χ4n) is 4.32. The zero-order valence-electron chi connectivity index (χ0n) is 17.9. The van der Waals surface area contributed by atoms with Crippen LogP contribution in [0.15, 0.2) is 30.5 Å². The van der Waals surface area contributed by atoms with Gasteiger partial charge in [0, 0.05) is 48.1 Å². The smallest absolute Gasteiger partial charge is 0.230 e. The molecule has 2 aliphatic rings. The van der Waals surface area contributed by atoms with Gasteiger partial charge in [0.15, 0.2) is 6.17 Å². The maximum atomic E-state index is 14.3. The van der Waals surface area contributed by atoms with Crippen molar-refractivity contribution < 1.29 is 18.7 Å². The number of fused-ring (bicyclic) bond motifs is 1. The predicted octanol–water partition coefficient (Wildman–Crippen LogP) is 3.48. The summed E-state index contributed by atoms with van der Waals surface area (Å²) >= 11 is 1.45. The summed E-state index contributed by atoms with van der Waals surface area (Å²) in [5.74, 6) is 0.215. The second-order valence-corrected chi connectivity index (χ2v) is 9.41. The van der Waals surface area contributed by atoms with Gasteiger partial charge in [-0.05, 0) is 36.8 Å². The van der Waals surface area contributed by atoms with Gasteiger partial charge in [-0.3, -0.25) is 19.5 Å². The average Bonchev–Trinajstić information content (AvgIpc) is 3.49. The summed E-state index contributed by atoms with van der Waals surface area (Å²) in [7, 11) is 0. The van der Waals surface area contributed by atoms with Gasteiger partial charge in [-0.15, -0.1) is 11.3 Å². The fraction of sp³-hybridized carbons (Fsp3) is 0.333. The Labute approximate surface area is 193 Å². The number of carbonyl (C=O) groups excluding carboxylic acids is 2. The van der Waals surface area contributed by atoms with E-state index < -0.39 is 12.3 Å². The first-order chi connectivity index (χ1) is 15.9. The molecule has 2 atom stereocenters. The van der Waals surface area contributed by atoms with Crippen LogP contribution in [0.4, 0.5) is 4.39 Å². The van der Waals surface area contributed by atoms with Crippen LogP contribution in [0.3, 0.4) is 0 Å². The number of nitriles is 1. The zero-order chi connectivity index (χ0) is 23.1. The van der Waals surface area contributed by atoms with E-state index in [2.05, 4.69) is 16.4 Å². The van der Waals surface area contributed by atoms with Crippen LogP contribution in [0.2, 0.25) is 0 Å². The predicted molar refractivity (Wildman–Crippen MR) is 121 cm³/mol. The van der Waals surface area contributed by atoms with E-state index in [-0.39, 0.29) is 37.7 Å². The van der Waals surface area contributed by atoms with Crippen molar-refractivity contribution in [2.45, 2.75) is 38.6 Å². The third kappa shape index (κ3) is 3.96. The Hall–Kier alpha value is -3.35. The lowest BCUT2D eigenvalue weighted by Crippen LogP contribution is -2.27. The lowest BCUT2D eigenvalue weighted by molar-refractivity contribution is -0.138. The van der Waals surface area contributed by atoms with Crippen molar-refractivity contribution in [2.75, 3.05) is 13.1 Å². The van der Waals surface area contributed by atoms with E-state index in [1.165, 1.54) is 16.2 Å². The van der Waals surface area contributed by atoms with Gasteiger partial charge in [0.2, 0.25) is 11.8 Å². The maximum Gasteiger partial charge on any atom is 0.230 e. The highest BCUT2D eigenvalue weighted by Gasteiger charge is 2.31. The summed E-state index contributed by atoms with van der Waals surface area (Å²) in [6.45, 7) is 2.72. The van der Waals surface area contributed by atoms with E-state index >= 15 is 0 Å². The number of rotatable bonds is 5. The van der Waals surface area contributed by atoms with Gasteiger partial charge in [0.25, 0.3) is 0 Å². The molecule has 1 N–H and O–H groups in total. The van der Waals surface area contributed by atoms with Crippen LogP contribution in [0, 0.1) is 18.3 Å². The Kier molecular flexibility index (Phi) is 5.56. The molecule has 5 rings (SSSR count). The zero-order valence-corrected chi connectivity index (χ0v) is 18.7. The molecule has 0 spiro atoms. The van der Waals surface area contributed by atoms with Crippen LogP contribution in [-0.4, -0.2) is 47.1 Å². The first-order valence-electron chi connectivity index (χ1n) is 10.7. The van der Waals surface area contributed by atoms with Gasteiger partial charge in [-0.25, -0.2) is 4.39 Å². The lowest BCUT2D eigenvalue weighted by Gasteiger charge is -2.20. The van der Waals surface area contributed by atoms with Crippen LogP contribution in [0.5, 0.6) is 5.75 Å². The number of likely N-dealkylation sites (tertiary alicyclic amines) is 1. The Morgan fingerprint density at radius 2 is 2.03 bits per heavy atom. The molecule has 0 aliphatic carbocycles. The quantitative estimate of drug-likeness (QED) is 0.581. The molecule has 0 bridgehead atoms. The topological polar surface area (TPSA) is 95.3 Å². The number of carbonyl (C=O) groups is 2.